The van der Waals surface area contributed by atoms with Crippen LogP contribution in [0.15, 0.2) is 59.7 Å². The van der Waals surface area contributed by atoms with Crippen LogP contribution in [0.3, 0.4) is 0 Å². The standard InChI is InChI=1S/C18H17N5O2/c1-24-15-7-3-2-5-13(15)10-23-12-22-17(16-18(23)21-11-20-16)19-9-14-6-4-8-25-14/h2-8,11-12,19H,9-10H2,1H3. The number of imidazole rings is 1. The van der Waals surface area contributed by atoms with E-state index in [-0.39, 0.29) is 0 Å². The van der Waals surface area contributed by atoms with Crippen LogP contribution in [-0.2, 0) is 13.1 Å². The highest BCUT2D eigenvalue weighted by atomic mass is 16.5. The molecule has 0 fully saturated rings. The minimum Gasteiger partial charge on any atom is -0.496 e. The molecule has 1 aromatic carbocycles. The molecule has 0 unspecified atom stereocenters. The van der Waals surface area contributed by atoms with Crippen molar-refractivity contribution in [2.24, 2.45) is 0 Å². The van der Waals surface area contributed by atoms with E-state index in [2.05, 4.69) is 20.3 Å². The molecule has 0 radical (unpaired) electrons. The van der Waals surface area contributed by atoms with Gasteiger partial charge in [-0.1, -0.05) is 18.2 Å². The lowest BCUT2D eigenvalue weighted by molar-refractivity contribution is 0.408. The molecule has 0 saturated carbocycles. The summed E-state index contributed by atoms with van der Waals surface area (Å²) in [4.78, 5) is 13.2. The van der Waals surface area contributed by atoms with Crippen molar-refractivity contribution in [3.8, 4) is 17.3 Å². The minimum atomic E-state index is 0.540. The molecule has 7 nitrogen and oxygen atoms in total. The molecule has 126 valence electrons. The number of hydrogen-bond donors (Lipinski definition) is 1. The van der Waals surface area contributed by atoms with Crippen LogP contribution in [0.5, 0.6) is 5.75 Å². The summed E-state index contributed by atoms with van der Waals surface area (Å²) in [5, 5.41) is 3.24. The van der Waals surface area contributed by atoms with Gasteiger partial charge in [-0.2, -0.15) is 0 Å². The minimum absolute atomic E-state index is 0.540. The van der Waals surface area contributed by atoms with Crippen molar-refractivity contribution >= 4 is 5.82 Å². The van der Waals surface area contributed by atoms with Gasteiger partial charge in [0.2, 0.25) is 0 Å². The average Bonchev–Trinajstić information content (AvgIpc) is 3.33. The number of rotatable bonds is 6. The van der Waals surface area contributed by atoms with Crippen LogP contribution < -0.4 is 10.1 Å². The lowest BCUT2D eigenvalue weighted by Crippen LogP contribution is -2.11. The normalized spacial score (nSPS) is 10.9. The Labute approximate surface area is 144 Å². The number of benzene rings is 1. The number of aromatic nitrogens is 4. The van der Waals surface area contributed by atoms with Crippen LogP contribution in [0.2, 0.25) is 0 Å². The number of fused-ring (bicyclic) bond motifs is 1. The van der Waals surface area contributed by atoms with Gasteiger partial charge in [-0.25, -0.2) is 15.0 Å². The molecule has 0 aliphatic carbocycles. The summed E-state index contributed by atoms with van der Waals surface area (Å²) in [6.45, 7) is 1.14. The van der Waals surface area contributed by atoms with Crippen LogP contribution >= 0.6 is 0 Å². The molecular weight excluding hydrogens is 318 g/mol. The molecule has 4 rings (SSSR count). The molecule has 25 heavy (non-hydrogen) atoms. The molecular formula is C18H17N5O2. The van der Waals surface area contributed by atoms with Gasteiger partial charge in [0, 0.05) is 5.56 Å². The summed E-state index contributed by atoms with van der Waals surface area (Å²) in [5.41, 5.74) is 1.78. The van der Waals surface area contributed by atoms with Crippen LogP contribution in [0, 0.1) is 0 Å². The van der Waals surface area contributed by atoms with Gasteiger partial charge in [-0.05, 0) is 18.2 Å². The molecule has 0 bridgehead atoms. The molecule has 0 spiro atoms. The number of nitrogens with one attached hydrogen (secondary N) is 1. The Hall–Kier alpha value is -3.35. The zero-order valence-electron chi connectivity index (χ0n) is 13.7. The molecule has 1 aromatic heterocycles. The van der Waals surface area contributed by atoms with E-state index >= 15 is 0 Å². The van der Waals surface area contributed by atoms with Crippen molar-refractivity contribution in [3.63, 3.8) is 0 Å². The van der Waals surface area contributed by atoms with Crippen LogP contribution in [0.4, 0.5) is 5.82 Å². The fourth-order valence-corrected chi connectivity index (χ4v) is 2.73. The lowest BCUT2D eigenvalue weighted by atomic mass is 10.2. The van der Waals surface area contributed by atoms with Crippen LogP contribution in [0.1, 0.15) is 11.3 Å². The molecule has 2 aliphatic heterocycles. The molecule has 7 heteroatoms. The zero-order chi connectivity index (χ0) is 17.1. The SMILES string of the molecule is COc1ccccc1Cn1cnc(NCc2ccco2)c2ncnc1-2. The second kappa shape index (κ2) is 6.64. The predicted molar refractivity (Wildman–Crippen MR) is 92.6 cm³/mol. The quantitative estimate of drug-likeness (QED) is 0.583. The molecule has 0 amide bonds. The Kier molecular flexibility index (Phi) is 4.04. The molecule has 2 aliphatic rings. The van der Waals surface area contributed by atoms with Crippen molar-refractivity contribution in [1.82, 2.24) is 19.5 Å². The number of hydrogen-bond acceptors (Lipinski definition) is 6. The second-order valence-corrected chi connectivity index (χ2v) is 5.51. The number of nitrogens with zero attached hydrogens (tertiary/aromatic N) is 4. The summed E-state index contributed by atoms with van der Waals surface area (Å²) >= 11 is 0. The van der Waals surface area contributed by atoms with Gasteiger partial charge in [0.15, 0.2) is 17.3 Å². The number of furan rings is 1. The molecule has 1 N–H and O–H groups in total. The first-order chi connectivity index (χ1) is 12.3. The molecule has 3 heterocycles. The van der Waals surface area contributed by atoms with Gasteiger partial charge in [0.25, 0.3) is 0 Å². The lowest BCUT2D eigenvalue weighted by Gasteiger charge is -2.15. The Morgan fingerprint density at radius 2 is 2.04 bits per heavy atom. The van der Waals surface area contributed by atoms with E-state index < -0.39 is 0 Å². The maximum atomic E-state index is 5.42. The summed E-state index contributed by atoms with van der Waals surface area (Å²) in [6, 6.07) is 11.7. The number of para-hydroxylation sites is 1. The topological polar surface area (TPSA) is 78.0 Å². The van der Waals surface area contributed by atoms with Gasteiger partial charge in [0.05, 0.1) is 32.8 Å². The van der Waals surface area contributed by atoms with Crippen molar-refractivity contribution in [3.05, 3.63) is 66.6 Å². The van der Waals surface area contributed by atoms with Gasteiger partial charge in [-0.15, -0.1) is 0 Å². The first-order valence-electron chi connectivity index (χ1n) is 7.89. The Balaban J connectivity index is 1.61. The van der Waals surface area contributed by atoms with E-state index in [9.17, 15) is 0 Å². The predicted octanol–water partition coefficient (Wildman–Crippen LogP) is 3.04. The average molecular weight is 335 g/mol. The zero-order valence-corrected chi connectivity index (χ0v) is 13.7. The maximum absolute atomic E-state index is 5.42. The largest absolute Gasteiger partial charge is 0.496 e. The summed E-state index contributed by atoms with van der Waals surface area (Å²) in [6.07, 6.45) is 4.95. The number of ether oxygens (including phenoxy) is 1. The highest BCUT2D eigenvalue weighted by Crippen LogP contribution is 2.26. The van der Waals surface area contributed by atoms with Crippen molar-refractivity contribution < 1.29 is 9.15 Å². The fraction of sp³-hybridized carbons (Fsp3) is 0.167. The van der Waals surface area contributed by atoms with Crippen LogP contribution in [0.25, 0.3) is 11.5 Å². The van der Waals surface area contributed by atoms with E-state index in [0.29, 0.717) is 18.9 Å². The molecule has 0 saturated heterocycles. The second-order valence-electron chi connectivity index (χ2n) is 5.51. The first kappa shape index (κ1) is 15.2. The fourth-order valence-electron chi connectivity index (χ4n) is 2.73. The van der Waals surface area contributed by atoms with Gasteiger partial charge < -0.3 is 19.0 Å². The maximum Gasteiger partial charge on any atom is 0.165 e. The highest BCUT2D eigenvalue weighted by molar-refractivity contribution is 5.66. The molecule has 2 aromatic rings. The Bertz CT molecular complexity index is 932. The van der Waals surface area contributed by atoms with E-state index in [0.717, 1.165) is 28.6 Å². The van der Waals surface area contributed by atoms with E-state index in [1.54, 1.807) is 26.0 Å². The highest BCUT2D eigenvalue weighted by Gasteiger charge is 2.17. The van der Waals surface area contributed by atoms with Crippen molar-refractivity contribution in [2.75, 3.05) is 12.4 Å². The van der Waals surface area contributed by atoms with Crippen LogP contribution in [-0.4, -0.2) is 26.6 Å². The van der Waals surface area contributed by atoms with Gasteiger partial charge in [0.1, 0.15) is 17.8 Å². The van der Waals surface area contributed by atoms with Crippen molar-refractivity contribution in [1.29, 1.82) is 0 Å². The van der Waals surface area contributed by atoms with Crippen molar-refractivity contribution in [2.45, 2.75) is 13.1 Å². The van der Waals surface area contributed by atoms with Gasteiger partial charge >= 0.3 is 0 Å². The third-order valence-corrected chi connectivity index (χ3v) is 3.94. The van der Waals surface area contributed by atoms with Gasteiger partial charge in [-0.3, -0.25) is 0 Å². The third kappa shape index (κ3) is 3.03. The monoisotopic (exact) mass is 335 g/mol. The molecule has 0 atom stereocenters. The van der Waals surface area contributed by atoms with E-state index in [4.69, 9.17) is 9.15 Å². The smallest absolute Gasteiger partial charge is 0.165 e. The first-order valence-corrected chi connectivity index (χ1v) is 7.89. The number of methoxy groups -OCH3 is 1. The Morgan fingerprint density at radius 3 is 2.88 bits per heavy atom. The van der Waals surface area contributed by atoms with E-state index in [1.165, 1.54) is 0 Å². The summed E-state index contributed by atoms with van der Waals surface area (Å²) in [7, 11) is 1.67. The summed E-state index contributed by atoms with van der Waals surface area (Å²) < 4.78 is 12.7. The Morgan fingerprint density at radius 1 is 1.12 bits per heavy atom. The third-order valence-electron chi connectivity index (χ3n) is 3.94. The van der Waals surface area contributed by atoms with E-state index in [1.807, 2.05) is 41.0 Å². The summed E-state index contributed by atoms with van der Waals surface area (Å²) in [5.74, 6) is 3.12. The number of anilines is 1.